The second-order valence-corrected chi connectivity index (χ2v) is 5.00. The summed E-state index contributed by atoms with van der Waals surface area (Å²) in [5, 5.41) is 11.9. The van der Waals surface area contributed by atoms with Crippen LogP contribution in [0.15, 0.2) is 48.2 Å². The molecular weight excluding hydrogens is 294 g/mol. The van der Waals surface area contributed by atoms with E-state index >= 15 is 0 Å². The molecule has 0 bridgehead atoms. The first-order valence-electron chi connectivity index (χ1n) is 7.08. The molecule has 120 valence electrons. The smallest absolute Gasteiger partial charge is 0.274 e. The van der Waals surface area contributed by atoms with Crippen molar-refractivity contribution < 1.29 is 14.7 Å². The Kier molecular flexibility index (Phi) is 5.71. The summed E-state index contributed by atoms with van der Waals surface area (Å²) in [5.41, 5.74) is 5.03. The molecule has 1 amide bonds. The zero-order chi connectivity index (χ0) is 16.7. The third kappa shape index (κ3) is 4.82. The van der Waals surface area contributed by atoms with Gasteiger partial charge in [0.25, 0.3) is 5.91 Å². The number of nitrogens with one attached hydrogen (secondary N) is 2. The van der Waals surface area contributed by atoms with Gasteiger partial charge in [0.05, 0.1) is 19.0 Å². The minimum absolute atomic E-state index is 0.407. The summed E-state index contributed by atoms with van der Waals surface area (Å²) in [6.45, 7) is 2.69. The molecule has 0 radical (unpaired) electrons. The summed E-state index contributed by atoms with van der Waals surface area (Å²) in [6, 6.07) is 10.7. The van der Waals surface area contributed by atoms with Crippen molar-refractivity contribution in [3.63, 3.8) is 0 Å². The average molecular weight is 313 g/mol. The Morgan fingerprint density at radius 2 is 2.00 bits per heavy atom. The lowest BCUT2D eigenvalue weighted by Crippen LogP contribution is -2.18. The van der Waals surface area contributed by atoms with Crippen molar-refractivity contribution in [2.24, 2.45) is 0 Å². The van der Waals surface area contributed by atoms with Crippen LogP contribution >= 0.6 is 0 Å². The van der Waals surface area contributed by atoms with Gasteiger partial charge < -0.3 is 10.1 Å². The maximum absolute atomic E-state index is 11.3. The Hall–Kier alpha value is -2.86. The summed E-state index contributed by atoms with van der Waals surface area (Å²) < 4.78 is 5.01. The standard InChI is InChI=1S/C17H19N3O3/c1-12(10-18-15-7-8-16(23-2)19-11-15)9-13-3-5-14(6-4-13)17(21)20-22/h3-9,11,18,22H,10H2,1-2H3,(H,20,21)/b12-9+. The number of hydrogen-bond donors (Lipinski definition) is 3. The van der Waals surface area contributed by atoms with E-state index in [4.69, 9.17) is 9.94 Å². The summed E-state index contributed by atoms with van der Waals surface area (Å²) in [6.07, 6.45) is 3.74. The Bertz CT molecular complexity index is 679. The third-order valence-electron chi connectivity index (χ3n) is 3.20. The maximum Gasteiger partial charge on any atom is 0.274 e. The lowest BCUT2D eigenvalue weighted by molar-refractivity contribution is 0.0706. The van der Waals surface area contributed by atoms with Gasteiger partial charge >= 0.3 is 0 Å². The van der Waals surface area contributed by atoms with Gasteiger partial charge in [0.2, 0.25) is 5.88 Å². The van der Waals surface area contributed by atoms with E-state index in [0.29, 0.717) is 18.0 Å². The van der Waals surface area contributed by atoms with E-state index in [2.05, 4.69) is 10.3 Å². The van der Waals surface area contributed by atoms with E-state index in [1.165, 1.54) is 0 Å². The van der Waals surface area contributed by atoms with Crippen LogP contribution in [0, 0.1) is 0 Å². The molecule has 0 atom stereocenters. The number of pyridine rings is 1. The van der Waals surface area contributed by atoms with Crippen LogP contribution in [0.2, 0.25) is 0 Å². The number of carbonyl (C=O) groups excluding carboxylic acids is 1. The van der Waals surface area contributed by atoms with E-state index in [1.54, 1.807) is 37.0 Å². The summed E-state index contributed by atoms with van der Waals surface area (Å²) >= 11 is 0. The topological polar surface area (TPSA) is 83.5 Å². The molecule has 2 rings (SSSR count). The van der Waals surface area contributed by atoms with E-state index in [9.17, 15) is 4.79 Å². The number of hydrogen-bond acceptors (Lipinski definition) is 5. The minimum atomic E-state index is -0.522. The van der Waals surface area contributed by atoms with Crippen molar-refractivity contribution in [1.29, 1.82) is 0 Å². The average Bonchev–Trinajstić information content (AvgIpc) is 2.60. The highest BCUT2D eigenvalue weighted by atomic mass is 16.5. The van der Waals surface area contributed by atoms with Crippen LogP contribution in [0.4, 0.5) is 5.69 Å². The Morgan fingerprint density at radius 1 is 1.26 bits per heavy atom. The first kappa shape index (κ1) is 16.5. The van der Waals surface area contributed by atoms with Crippen molar-refractivity contribution in [3.8, 4) is 5.88 Å². The van der Waals surface area contributed by atoms with Crippen LogP contribution < -0.4 is 15.5 Å². The van der Waals surface area contributed by atoms with Gasteiger partial charge in [-0.15, -0.1) is 0 Å². The number of amides is 1. The Morgan fingerprint density at radius 3 is 2.57 bits per heavy atom. The predicted octanol–water partition coefficient (Wildman–Crippen LogP) is 2.72. The van der Waals surface area contributed by atoms with Crippen molar-refractivity contribution >= 4 is 17.7 Å². The molecule has 6 nitrogen and oxygen atoms in total. The largest absolute Gasteiger partial charge is 0.481 e. The molecule has 1 heterocycles. The molecule has 1 aromatic heterocycles. The molecule has 23 heavy (non-hydrogen) atoms. The molecule has 0 fully saturated rings. The summed E-state index contributed by atoms with van der Waals surface area (Å²) in [5.74, 6) is 0.0562. The van der Waals surface area contributed by atoms with Crippen LogP contribution in [0.25, 0.3) is 6.08 Å². The lowest BCUT2D eigenvalue weighted by Gasteiger charge is -2.07. The van der Waals surface area contributed by atoms with E-state index in [1.807, 2.05) is 31.2 Å². The zero-order valence-corrected chi connectivity index (χ0v) is 13.0. The molecule has 2 aromatic rings. The van der Waals surface area contributed by atoms with Gasteiger partial charge in [-0.25, -0.2) is 10.5 Å². The molecule has 0 aliphatic carbocycles. The van der Waals surface area contributed by atoms with Crippen LogP contribution in [-0.4, -0.2) is 29.8 Å². The van der Waals surface area contributed by atoms with Gasteiger partial charge in [-0.1, -0.05) is 23.8 Å². The molecule has 0 spiro atoms. The number of carbonyl (C=O) groups is 1. The molecule has 0 unspecified atom stereocenters. The molecule has 1 aromatic carbocycles. The second-order valence-electron chi connectivity index (χ2n) is 5.00. The van der Waals surface area contributed by atoms with Crippen LogP contribution in [0.1, 0.15) is 22.8 Å². The summed E-state index contributed by atoms with van der Waals surface area (Å²) in [4.78, 5) is 15.4. The fourth-order valence-electron chi connectivity index (χ4n) is 1.98. The van der Waals surface area contributed by atoms with Gasteiger partial charge in [0, 0.05) is 18.2 Å². The van der Waals surface area contributed by atoms with Crippen molar-refractivity contribution in [3.05, 3.63) is 59.3 Å². The van der Waals surface area contributed by atoms with Gasteiger partial charge in [-0.05, 0) is 30.7 Å². The molecule has 0 aliphatic rings. The number of anilines is 1. The van der Waals surface area contributed by atoms with E-state index < -0.39 is 5.91 Å². The van der Waals surface area contributed by atoms with Crippen molar-refractivity contribution in [1.82, 2.24) is 10.5 Å². The maximum atomic E-state index is 11.3. The Balaban J connectivity index is 1.95. The lowest BCUT2D eigenvalue weighted by atomic mass is 10.1. The van der Waals surface area contributed by atoms with E-state index in [0.717, 1.165) is 16.8 Å². The first-order chi connectivity index (χ1) is 11.1. The molecule has 0 saturated heterocycles. The van der Waals surface area contributed by atoms with Gasteiger partial charge in [0.1, 0.15) is 0 Å². The van der Waals surface area contributed by atoms with Crippen molar-refractivity contribution in [2.45, 2.75) is 6.92 Å². The third-order valence-corrected chi connectivity index (χ3v) is 3.20. The van der Waals surface area contributed by atoms with E-state index in [-0.39, 0.29) is 0 Å². The second kappa shape index (κ2) is 7.95. The minimum Gasteiger partial charge on any atom is -0.481 e. The van der Waals surface area contributed by atoms with Gasteiger partial charge in [-0.2, -0.15) is 0 Å². The number of benzene rings is 1. The number of methoxy groups -OCH3 is 1. The number of hydroxylamine groups is 1. The highest BCUT2D eigenvalue weighted by molar-refractivity contribution is 5.93. The number of nitrogens with zero attached hydrogens (tertiary/aromatic N) is 1. The molecule has 6 heteroatoms. The zero-order valence-electron chi connectivity index (χ0n) is 13.0. The molecule has 0 aliphatic heterocycles. The number of aromatic nitrogens is 1. The Labute approximate surface area is 134 Å². The fourth-order valence-corrected chi connectivity index (χ4v) is 1.98. The highest BCUT2D eigenvalue weighted by Gasteiger charge is 2.02. The normalized spacial score (nSPS) is 11.0. The van der Waals surface area contributed by atoms with Crippen LogP contribution in [0.5, 0.6) is 5.88 Å². The first-order valence-corrected chi connectivity index (χ1v) is 7.08. The number of ether oxygens (including phenoxy) is 1. The fraction of sp³-hybridized carbons (Fsp3) is 0.176. The predicted molar refractivity (Wildman–Crippen MR) is 88.6 cm³/mol. The van der Waals surface area contributed by atoms with Gasteiger partial charge in [-0.3, -0.25) is 10.0 Å². The quantitative estimate of drug-likeness (QED) is 0.564. The molecule has 0 saturated carbocycles. The monoisotopic (exact) mass is 313 g/mol. The van der Waals surface area contributed by atoms with Crippen LogP contribution in [0.3, 0.4) is 0 Å². The SMILES string of the molecule is COc1ccc(NC/C(C)=C/c2ccc(C(=O)NO)cc2)cn1. The van der Waals surface area contributed by atoms with Crippen molar-refractivity contribution in [2.75, 3.05) is 19.0 Å². The highest BCUT2D eigenvalue weighted by Crippen LogP contribution is 2.13. The van der Waals surface area contributed by atoms with Gasteiger partial charge in [0.15, 0.2) is 0 Å². The summed E-state index contributed by atoms with van der Waals surface area (Å²) in [7, 11) is 1.58. The number of rotatable bonds is 6. The van der Waals surface area contributed by atoms with Crippen LogP contribution in [-0.2, 0) is 0 Å². The molecular formula is C17H19N3O3. The molecule has 3 N–H and O–H groups in total.